The number of rotatable bonds is 2. The Labute approximate surface area is 177 Å². The number of thiazole rings is 1. The maximum Gasteiger partial charge on any atom is 0.349 e. The Morgan fingerprint density at radius 3 is 2.53 bits per heavy atom. The molecule has 0 bridgehead atoms. The van der Waals surface area contributed by atoms with Crippen LogP contribution in [-0.2, 0) is 0 Å². The molecule has 2 aromatic heterocycles. The van der Waals surface area contributed by atoms with Gasteiger partial charge in [0.2, 0.25) is 0 Å². The highest BCUT2D eigenvalue weighted by atomic mass is 32.1. The number of fused-ring (bicyclic) bond motifs is 2. The lowest BCUT2D eigenvalue weighted by Gasteiger charge is -2.34. The number of aromatic nitrogens is 1. The molecule has 0 spiro atoms. The summed E-state index contributed by atoms with van der Waals surface area (Å²) in [6, 6.07) is 13.1. The second-order valence-electron chi connectivity index (χ2n) is 7.64. The summed E-state index contributed by atoms with van der Waals surface area (Å²) in [5, 5.41) is 1.74. The molecule has 0 saturated carbocycles. The van der Waals surface area contributed by atoms with Gasteiger partial charge in [-0.1, -0.05) is 41.7 Å². The number of amides is 1. The van der Waals surface area contributed by atoms with Gasteiger partial charge in [0.1, 0.15) is 11.1 Å². The number of piperazine rings is 1. The third-order valence-corrected chi connectivity index (χ3v) is 6.89. The van der Waals surface area contributed by atoms with Crippen molar-refractivity contribution >= 4 is 43.6 Å². The van der Waals surface area contributed by atoms with Crippen molar-refractivity contribution in [3.05, 3.63) is 69.6 Å². The SMILES string of the molecule is Cc1ccc(C)c2sc(N3CCN(C(=O)c4cc5ccccc5oc4=O)CC3)nc12. The van der Waals surface area contributed by atoms with Gasteiger partial charge in [0.25, 0.3) is 5.91 Å². The monoisotopic (exact) mass is 419 g/mol. The summed E-state index contributed by atoms with van der Waals surface area (Å²) in [6.45, 7) is 6.63. The second kappa shape index (κ2) is 7.25. The van der Waals surface area contributed by atoms with Gasteiger partial charge >= 0.3 is 5.63 Å². The Hall–Kier alpha value is -3.19. The van der Waals surface area contributed by atoms with Crippen LogP contribution < -0.4 is 10.5 Å². The van der Waals surface area contributed by atoms with Crippen molar-refractivity contribution in [2.45, 2.75) is 13.8 Å². The zero-order valence-corrected chi connectivity index (χ0v) is 17.7. The number of nitrogens with zero attached hydrogens (tertiary/aromatic N) is 3. The zero-order valence-electron chi connectivity index (χ0n) is 16.8. The van der Waals surface area contributed by atoms with E-state index in [1.54, 1.807) is 34.4 Å². The molecule has 30 heavy (non-hydrogen) atoms. The molecular formula is C23H21N3O3S. The molecule has 0 atom stereocenters. The first kappa shape index (κ1) is 18.8. The Kier molecular flexibility index (Phi) is 4.55. The minimum atomic E-state index is -0.585. The average Bonchev–Trinajstić information content (AvgIpc) is 3.22. The molecule has 1 saturated heterocycles. The first-order chi connectivity index (χ1) is 14.5. The number of carbonyl (C=O) groups excluding carboxylic acids is 1. The number of hydrogen-bond acceptors (Lipinski definition) is 6. The molecule has 1 aliphatic heterocycles. The molecule has 3 heterocycles. The molecule has 6 nitrogen and oxygen atoms in total. The van der Waals surface area contributed by atoms with Gasteiger partial charge in [0, 0.05) is 31.6 Å². The Morgan fingerprint density at radius 2 is 1.77 bits per heavy atom. The first-order valence-corrected chi connectivity index (χ1v) is 10.8. The summed E-state index contributed by atoms with van der Waals surface area (Å²) in [4.78, 5) is 34.1. The van der Waals surface area contributed by atoms with Gasteiger partial charge in [-0.3, -0.25) is 4.79 Å². The molecule has 1 amide bonds. The quantitative estimate of drug-likeness (QED) is 0.460. The molecule has 5 rings (SSSR count). The smallest absolute Gasteiger partial charge is 0.349 e. The van der Waals surface area contributed by atoms with E-state index in [4.69, 9.17) is 9.40 Å². The van der Waals surface area contributed by atoms with Crippen molar-refractivity contribution < 1.29 is 9.21 Å². The van der Waals surface area contributed by atoms with Crippen LogP contribution in [0.4, 0.5) is 5.13 Å². The fourth-order valence-electron chi connectivity index (χ4n) is 3.87. The van der Waals surface area contributed by atoms with Crippen LogP contribution in [0.25, 0.3) is 21.2 Å². The molecule has 0 unspecified atom stereocenters. The number of hydrogen-bond donors (Lipinski definition) is 0. The van der Waals surface area contributed by atoms with Gasteiger partial charge in [0.15, 0.2) is 5.13 Å². The highest BCUT2D eigenvalue weighted by Gasteiger charge is 2.26. The Balaban J connectivity index is 1.35. The summed E-state index contributed by atoms with van der Waals surface area (Å²) >= 11 is 1.70. The van der Waals surface area contributed by atoms with Crippen molar-refractivity contribution in [1.29, 1.82) is 0 Å². The molecule has 1 fully saturated rings. The second-order valence-corrected chi connectivity index (χ2v) is 8.62. The van der Waals surface area contributed by atoms with Crippen LogP contribution in [-0.4, -0.2) is 42.0 Å². The molecule has 0 aliphatic carbocycles. The van der Waals surface area contributed by atoms with E-state index in [9.17, 15) is 9.59 Å². The maximum absolute atomic E-state index is 13.0. The summed E-state index contributed by atoms with van der Waals surface area (Å²) < 4.78 is 6.55. The van der Waals surface area contributed by atoms with Crippen LogP contribution in [0.15, 0.2) is 51.7 Å². The highest BCUT2D eigenvalue weighted by Crippen LogP contribution is 2.33. The molecule has 1 aliphatic rings. The third-order valence-electron chi connectivity index (χ3n) is 5.64. The fraction of sp³-hybridized carbons (Fsp3) is 0.261. The van der Waals surface area contributed by atoms with E-state index in [0.29, 0.717) is 31.8 Å². The predicted molar refractivity (Wildman–Crippen MR) is 120 cm³/mol. The van der Waals surface area contributed by atoms with Crippen LogP contribution in [0.1, 0.15) is 21.5 Å². The molecule has 4 aromatic rings. The van der Waals surface area contributed by atoms with Gasteiger partial charge < -0.3 is 14.2 Å². The standard InChI is InChI=1S/C23H21N3O3S/c1-14-7-8-15(2)20-19(14)24-23(30-20)26-11-9-25(10-12-26)21(27)17-13-16-5-3-4-6-18(16)29-22(17)28/h3-8,13H,9-12H2,1-2H3. The molecule has 0 radical (unpaired) electrons. The predicted octanol–water partition coefficient (Wildman–Crippen LogP) is 3.98. The molecule has 0 N–H and O–H groups in total. The van der Waals surface area contributed by atoms with E-state index in [2.05, 4.69) is 30.9 Å². The van der Waals surface area contributed by atoms with Gasteiger partial charge in [-0.2, -0.15) is 0 Å². The minimum Gasteiger partial charge on any atom is -0.422 e. The third kappa shape index (κ3) is 3.15. The largest absolute Gasteiger partial charge is 0.422 e. The van der Waals surface area contributed by atoms with Crippen LogP contribution in [0.2, 0.25) is 0 Å². The Morgan fingerprint density at radius 1 is 1.03 bits per heavy atom. The zero-order chi connectivity index (χ0) is 20.8. The van der Waals surface area contributed by atoms with Gasteiger partial charge in [0.05, 0.1) is 10.2 Å². The number of anilines is 1. The average molecular weight is 420 g/mol. The normalized spacial score (nSPS) is 14.6. The lowest BCUT2D eigenvalue weighted by Crippen LogP contribution is -2.49. The minimum absolute atomic E-state index is 0.0911. The number of benzene rings is 2. The highest BCUT2D eigenvalue weighted by molar-refractivity contribution is 7.22. The number of aryl methyl sites for hydroxylation is 2. The first-order valence-electron chi connectivity index (χ1n) is 9.95. The lowest BCUT2D eigenvalue weighted by molar-refractivity contribution is 0.0742. The van der Waals surface area contributed by atoms with E-state index >= 15 is 0 Å². The van der Waals surface area contributed by atoms with Crippen molar-refractivity contribution in [3.8, 4) is 0 Å². The summed E-state index contributed by atoms with van der Waals surface area (Å²) in [6.07, 6.45) is 0. The van der Waals surface area contributed by atoms with Gasteiger partial charge in [-0.25, -0.2) is 9.78 Å². The van der Waals surface area contributed by atoms with Crippen LogP contribution in [0.5, 0.6) is 0 Å². The van der Waals surface area contributed by atoms with Crippen molar-refractivity contribution in [2.75, 3.05) is 31.1 Å². The summed E-state index contributed by atoms with van der Waals surface area (Å²) in [7, 11) is 0. The topological polar surface area (TPSA) is 66.7 Å². The van der Waals surface area contributed by atoms with Crippen LogP contribution in [0, 0.1) is 13.8 Å². The van der Waals surface area contributed by atoms with Gasteiger partial charge in [-0.05, 0) is 37.1 Å². The summed E-state index contributed by atoms with van der Waals surface area (Å²) in [5.41, 5.74) is 3.46. The fourth-order valence-corrected chi connectivity index (χ4v) is 5.03. The number of carbonyl (C=O) groups is 1. The van der Waals surface area contributed by atoms with Crippen molar-refractivity contribution in [2.24, 2.45) is 0 Å². The van der Waals surface area contributed by atoms with Crippen molar-refractivity contribution in [1.82, 2.24) is 9.88 Å². The lowest BCUT2D eigenvalue weighted by atomic mass is 10.1. The molecule has 152 valence electrons. The van der Waals surface area contributed by atoms with Gasteiger partial charge in [-0.15, -0.1) is 0 Å². The summed E-state index contributed by atoms with van der Waals surface area (Å²) in [5.74, 6) is -0.273. The molecular weight excluding hydrogens is 398 g/mol. The van der Waals surface area contributed by atoms with Crippen LogP contribution >= 0.6 is 11.3 Å². The number of para-hydroxylation sites is 1. The van der Waals surface area contributed by atoms with E-state index in [-0.39, 0.29) is 11.5 Å². The van der Waals surface area contributed by atoms with Crippen molar-refractivity contribution in [3.63, 3.8) is 0 Å². The Bertz CT molecular complexity index is 1290. The van der Waals surface area contributed by atoms with E-state index in [0.717, 1.165) is 16.0 Å². The van der Waals surface area contributed by atoms with Crippen LogP contribution in [0.3, 0.4) is 0 Å². The van der Waals surface area contributed by atoms with E-state index in [1.807, 2.05) is 12.1 Å². The van der Waals surface area contributed by atoms with E-state index < -0.39 is 5.63 Å². The molecule has 2 aromatic carbocycles. The maximum atomic E-state index is 13.0. The van der Waals surface area contributed by atoms with E-state index in [1.165, 1.54) is 15.8 Å². The molecule has 7 heteroatoms.